The minimum absolute atomic E-state index is 0.241. The molecule has 1 aromatic rings. The van der Waals surface area contributed by atoms with Gasteiger partial charge in [0, 0.05) is 12.1 Å². The van der Waals surface area contributed by atoms with Crippen LogP contribution < -0.4 is 5.32 Å². The lowest BCUT2D eigenvalue weighted by Crippen LogP contribution is -2.46. The smallest absolute Gasteiger partial charge is 0.311 e. The Balaban J connectivity index is 1.98. The predicted octanol–water partition coefficient (Wildman–Crippen LogP) is 2.77. The van der Waals surface area contributed by atoms with E-state index < -0.39 is 11.4 Å². The molecule has 0 aromatic heterocycles. The molecule has 1 fully saturated rings. The molecule has 0 aliphatic heterocycles. The summed E-state index contributed by atoms with van der Waals surface area (Å²) in [5, 5.41) is 12.1. The first kappa shape index (κ1) is 15.3. The van der Waals surface area contributed by atoms with Crippen LogP contribution in [0.3, 0.4) is 0 Å². The van der Waals surface area contributed by atoms with Crippen LogP contribution in [0.15, 0.2) is 30.3 Å². The number of rotatable bonds is 4. The molecule has 1 amide bonds. The minimum Gasteiger partial charge on any atom is -0.481 e. The van der Waals surface area contributed by atoms with Crippen LogP contribution in [0, 0.1) is 12.3 Å². The van der Waals surface area contributed by atoms with E-state index in [0.717, 1.165) is 12.0 Å². The second-order valence-corrected chi connectivity index (χ2v) is 5.92. The zero-order chi connectivity index (χ0) is 15.5. The molecular weight excluding hydrogens is 266 g/mol. The second-order valence-electron chi connectivity index (χ2n) is 5.92. The monoisotopic (exact) mass is 287 g/mol. The van der Waals surface area contributed by atoms with Gasteiger partial charge in [-0.15, -0.1) is 0 Å². The highest BCUT2D eigenvalue weighted by atomic mass is 16.4. The number of aliphatic carboxylic acids is 1. The maximum Gasteiger partial charge on any atom is 0.311 e. The highest BCUT2D eigenvalue weighted by Crippen LogP contribution is 2.38. The van der Waals surface area contributed by atoms with Gasteiger partial charge >= 0.3 is 5.97 Å². The average molecular weight is 287 g/mol. The van der Waals surface area contributed by atoms with Gasteiger partial charge < -0.3 is 10.4 Å². The molecule has 112 valence electrons. The molecule has 0 bridgehead atoms. The average Bonchev–Trinajstić information content (AvgIpc) is 2.81. The van der Waals surface area contributed by atoms with E-state index in [-0.39, 0.29) is 11.9 Å². The summed E-state index contributed by atoms with van der Waals surface area (Å²) >= 11 is 0. The molecule has 4 nitrogen and oxygen atoms in total. The SMILES string of the molecule is Cc1ccc(/C=C/C(=O)NC2CCCC2(C)C(=O)O)cc1. The zero-order valence-corrected chi connectivity index (χ0v) is 12.4. The first-order valence-electron chi connectivity index (χ1n) is 7.20. The lowest BCUT2D eigenvalue weighted by molar-refractivity contribution is -0.148. The van der Waals surface area contributed by atoms with Crippen molar-refractivity contribution in [1.29, 1.82) is 0 Å². The predicted molar refractivity (Wildman–Crippen MR) is 81.7 cm³/mol. The summed E-state index contributed by atoms with van der Waals surface area (Å²) in [4.78, 5) is 23.3. The fraction of sp³-hybridized carbons (Fsp3) is 0.412. The van der Waals surface area contributed by atoms with E-state index in [9.17, 15) is 14.7 Å². The van der Waals surface area contributed by atoms with Crippen molar-refractivity contribution in [2.75, 3.05) is 0 Å². The first-order chi connectivity index (χ1) is 9.91. The number of nitrogens with one attached hydrogen (secondary N) is 1. The van der Waals surface area contributed by atoms with Gasteiger partial charge in [0.15, 0.2) is 0 Å². The zero-order valence-electron chi connectivity index (χ0n) is 12.4. The van der Waals surface area contributed by atoms with Gasteiger partial charge in [0.05, 0.1) is 5.41 Å². The molecule has 2 rings (SSSR count). The molecular formula is C17H21NO3. The summed E-state index contributed by atoms with van der Waals surface area (Å²) in [7, 11) is 0. The maximum atomic E-state index is 12.0. The topological polar surface area (TPSA) is 66.4 Å². The Morgan fingerprint density at radius 2 is 2.00 bits per heavy atom. The van der Waals surface area contributed by atoms with Crippen molar-refractivity contribution < 1.29 is 14.7 Å². The van der Waals surface area contributed by atoms with Crippen LogP contribution in [0.25, 0.3) is 6.08 Å². The molecule has 1 aliphatic carbocycles. The third-order valence-corrected chi connectivity index (χ3v) is 4.27. The quantitative estimate of drug-likeness (QED) is 0.837. The second kappa shape index (κ2) is 6.12. The van der Waals surface area contributed by atoms with Crippen molar-refractivity contribution in [3.63, 3.8) is 0 Å². The van der Waals surface area contributed by atoms with Crippen molar-refractivity contribution >= 4 is 18.0 Å². The standard InChI is InChI=1S/C17H21NO3/c1-12-5-7-13(8-6-12)9-10-15(19)18-14-4-3-11-17(14,2)16(20)21/h5-10,14H,3-4,11H2,1-2H3,(H,18,19)(H,20,21)/b10-9+. The van der Waals surface area contributed by atoms with Gasteiger partial charge in [-0.3, -0.25) is 9.59 Å². The van der Waals surface area contributed by atoms with Crippen LogP contribution in [-0.2, 0) is 9.59 Å². The maximum absolute atomic E-state index is 12.0. The van der Waals surface area contributed by atoms with Crippen molar-refractivity contribution in [2.24, 2.45) is 5.41 Å². The Labute approximate surface area is 124 Å². The molecule has 2 unspecified atom stereocenters. The van der Waals surface area contributed by atoms with E-state index in [1.54, 1.807) is 13.0 Å². The van der Waals surface area contributed by atoms with Crippen molar-refractivity contribution in [3.05, 3.63) is 41.5 Å². The summed E-state index contributed by atoms with van der Waals surface area (Å²) in [5.74, 6) is -1.08. The van der Waals surface area contributed by atoms with Crippen molar-refractivity contribution in [2.45, 2.75) is 39.2 Å². The third kappa shape index (κ3) is 3.51. The number of carboxylic acids is 1. The Hall–Kier alpha value is -2.10. The van der Waals surface area contributed by atoms with Gasteiger partial charge in [-0.05, 0) is 38.3 Å². The summed E-state index contributed by atoms with van der Waals surface area (Å²) in [6.07, 6.45) is 5.35. The van der Waals surface area contributed by atoms with Gasteiger partial charge in [-0.1, -0.05) is 36.2 Å². The van der Waals surface area contributed by atoms with Crippen LogP contribution in [0.1, 0.15) is 37.3 Å². The van der Waals surface area contributed by atoms with E-state index in [2.05, 4.69) is 5.32 Å². The number of aryl methyl sites for hydroxylation is 1. The lowest BCUT2D eigenvalue weighted by Gasteiger charge is -2.27. The Kier molecular flexibility index (Phi) is 4.46. The molecule has 1 saturated carbocycles. The fourth-order valence-electron chi connectivity index (χ4n) is 2.72. The van der Waals surface area contributed by atoms with Crippen LogP contribution in [-0.4, -0.2) is 23.0 Å². The summed E-state index contributed by atoms with van der Waals surface area (Å²) in [6.45, 7) is 3.71. The van der Waals surface area contributed by atoms with E-state index >= 15 is 0 Å². The van der Waals surface area contributed by atoms with Crippen LogP contribution in [0.4, 0.5) is 0 Å². The summed E-state index contributed by atoms with van der Waals surface area (Å²) in [5.41, 5.74) is 1.26. The van der Waals surface area contributed by atoms with Crippen molar-refractivity contribution in [3.8, 4) is 0 Å². The Morgan fingerprint density at radius 1 is 1.33 bits per heavy atom. The number of hydrogen-bond acceptors (Lipinski definition) is 2. The third-order valence-electron chi connectivity index (χ3n) is 4.27. The van der Waals surface area contributed by atoms with Gasteiger partial charge in [0.2, 0.25) is 5.91 Å². The molecule has 2 atom stereocenters. The van der Waals surface area contributed by atoms with Crippen LogP contribution in [0.2, 0.25) is 0 Å². The van der Waals surface area contributed by atoms with E-state index in [4.69, 9.17) is 0 Å². The molecule has 1 aromatic carbocycles. The number of benzene rings is 1. The van der Waals surface area contributed by atoms with Gasteiger partial charge in [-0.2, -0.15) is 0 Å². The van der Waals surface area contributed by atoms with Gasteiger partial charge in [0.1, 0.15) is 0 Å². The Morgan fingerprint density at radius 3 is 2.62 bits per heavy atom. The van der Waals surface area contributed by atoms with E-state index in [1.165, 1.54) is 11.6 Å². The first-order valence-corrected chi connectivity index (χ1v) is 7.20. The molecule has 0 spiro atoms. The normalized spacial score (nSPS) is 25.1. The van der Waals surface area contributed by atoms with Gasteiger partial charge in [0.25, 0.3) is 0 Å². The molecule has 0 saturated heterocycles. The van der Waals surface area contributed by atoms with Crippen LogP contribution in [0.5, 0.6) is 0 Å². The number of carboxylic acid groups (broad SMARTS) is 1. The fourth-order valence-corrected chi connectivity index (χ4v) is 2.72. The van der Waals surface area contributed by atoms with E-state index in [1.807, 2.05) is 31.2 Å². The number of amides is 1. The van der Waals surface area contributed by atoms with E-state index in [0.29, 0.717) is 12.8 Å². The number of carbonyl (C=O) groups excluding carboxylic acids is 1. The van der Waals surface area contributed by atoms with Crippen LogP contribution >= 0.6 is 0 Å². The van der Waals surface area contributed by atoms with Crippen molar-refractivity contribution in [1.82, 2.24) is 5.32 Å². The summed E-state index contributed by atoms with van der Waals surface area (Å²) < 4.78 is 0. The lowest BCUT2D eigenvalue weighted by atomic mass is 9.85. The number of carbonyl (C=O) groups is 2. The Bertz CT molecular complexity index is 562. The molecule has 4 heteroatoms. The number of hydrogen-bond donors (Lipinski definition) is 2. The minimum atomic E-state index is -0.854. The molecule has 0 radical (unpaired) electrons. The largest absolute Gasteiger partial charge is 0.481 e. The van der Waals surface area contributed by atoms with Gasteiger partial charge in [-0.25, -0.2) is 0 Å². The highest BCUT2D eigenvalue weighted by molar-refractivity contribution is 5.92. The molecule has 21 heavy (non-hydrogen) atoms. The molecule has 0 heterocycles. The molecule has 1 aliphatic rings. The summed E-state index contributed by atoms with van der Waals surface area (Å²) in [6, 6.07) is 7.54. The highest BCUT2D eigenvalue weighted by Gasteiger charge is 2.45. The molecule has 2 N–H and O–H groups in total.